The minimum Gasteiger partial charge on any atom is -0.466 e. The van der Waals surface area contributed by atoms with Crippen molar-refractivity contribution in [3.63, 3.8) is 0 Å². The predicted octanol–water partition coefficient (Wildman–Crippen LogP) is 26.4. The summed E-state index contributed by atoms with van der Waals surface area (Å²) in [5.74, 6) is 2.63. The van der Waals surface area contributed by atoms with Crippen molar-refractivity contribution in [1.82, 2.24) is 20.4 Å². The molecule has 0 atom stereocenters. The van der Waals surface area contributed by atoms with Crippen LogP contribution < -0.4 is 10.6 Å². The van der Waals surface area contributed by atoms with Crippen LogP contribution in [0, 0.1) is 23.7 Å². The van der Waals surface area contributed by atoms with Crippen molar-refractivity contribution in [2.24, 2.45) is 23.7 Å². The first-order valence-electron chi connectivity index (χ1n) is 48.5. The van der Waals surface area contributed by atoms with E-state index in [9.17, 15) is 28.8 Å². The monoisotopic (exact) mass is 1560 g/mol. The van der Waals surface area contributed by atoms with Crippen LogP contribution in [0.25, 0.3) is 0 Å². The maximum Gasteiger partial charge on any atom is 0.305 e. The van der Waals surface area contributed by atoms with Crippen LogP contribution in [0.2, 0.25) is 0 Å². The average molecular weight is 1560 g/mol. The van der Waals surface area contributed by atoms with Crippen LogP contribution in [0.1, 0.15) is 479 Å². The molecule has 0 rings (SSSR count). The Morgan fingerprint density at radius 2 is 0.391 bits per heavy atom. The summed E-state index contributed by atoms with van der Waals surface area (Å²) in [6.45, 7) is 26.7. The fraction of sp³-hybridized carbons (Fsp3) is 0.938. The summed E-state index contributed by atoms with van der Waals surface area (Å²) in [7, 11) is 0. The van der Waals surface area contributed by atoms with Gasteiger partial charge in [0.2, 0.25) is 11.8 Å². The van der Waals surface area contributed by atoms with E-state index in [1.807, 2.05) is 0 Å². The van der Waals surface area contributed by atoms with Crippen molar-refractivity contribution < 1.29 is 47.7 Å². The Morgan fingerprint density at radius 3 is 0.591 bits per heavy atom. The molecule has 0 heterocycles. The molecule has 2 amide bonds. The topological polar surface area (TPSA) is 170 Å². The third-order valence-corrected chi connectivity index (χ3v) is 23.3. The second kappa shape index (κ2) is 85.1. The molecule has 0 fully saturated rings. The van der Waals surface area contributed by atoms with Gasteiger partial charge in [0.25, 0.3) is 0 Å². The number of unbranched alkanes of at least 4 members (excludes halogenated alkanes) is 32. The van der Waals surface area contributed by atoms with Gasteiger partial charge in [-0.15, -0.1) is 0 Å². The number of amides is 2. The molecule has 0 aliphatic carbocycles. The molecule has 0 unspecified atom stereocenters. The third-order valence-electron chi connectivity index (χ3n) is 23.3. The molecule has 0 radical (unpaired) electrons. The lowest BCUT2D eigenvalue weighted by Crippen LogP contribution is -2.37. The summed E-state index contributed by atoms with van der Waals surface area (Å²) in [6, 6.07) is 0. The minimum absolute atomic E-state index is 0.0534. The summed E-state index contributed by atoms with van der Waals surface area (Å²) in [5, 5.41) is 6.26. The van der Waals surface area contributed by atoms with E-state index in [1.165, 1.54) is 205 Å². The van der Waals surface area contributed by atoms with E-state index in [4.69, 9.17) is 18.9 Å². The highest BCUT2D eigenvalue weighted by Crippen LogP contribution is 2.27. The lowest BCUT2D eigenvalue weighted by Gasteiger charge is -2.23. The Balaban J connectivity index is 5.34. The molecule has 0 aliphatic rings. The van der Waals surface area contributed by atoms with Crippen LogP contribution in [0.4, 0.5) is 0 Å². The van der Waals surface area contributed by atoms with E-state index in [0.717, 1.165) is 243 Å². The van der Waals surface area contributed by atoms with E-state index >= 15 is 0 Å². The van der Waals surface area contributed by atoms with Gasteiger partial charge in [-0.2, -0.15) is 0 Å². The molecule has 14 heteroatoms. The molecule has 0 aliphatic heterocycles. The maximum atomic E-state index is 13.3. The zero-order valence-corrected chi connectivity index (χ0v) is 74.4. The number of hydrogen-bond acceptors (Lipinski definition) is 12. The van der Waals surface area contributed by atoms with Crippen molar-refractivity contribution in [3.8, 4) is 0 Å². The highest BCUT2D eigenvalue weighted by molar-refractivity contribution is 5.83. The SMILES string of the molecule is CCCCCC(CCCCC)CCCOC(=O)CCCCCCCN(CCCCCCCC(=O)OCCCC(CCCCC)CCCCC)CCNC(=O)CCC(=O)NCCN(CCCCCCCC(=O)OCCCC(CCCCC)CCCCC)CCCCCCCC(=O)OCCCC(CCCCC)CCCCC. The van der Waals surface area contributed by atoms with Crippen LogP contribution >= 0.6 is 0 Å². The van der Waals surface area contributed by atoms with Crippen molar-refractivity contribution in [2.45, 2.75) is 479 Å². The number of carbonyl (C=O) groups excluding carboxylic acids is 6. The fourth-order valence-electron chi connectivity index (χ4n) is 16.0. The van der Waals surface area contributed by atoms with Crippen molar-refractivity contribution >= 4 is 35.7 Å². The van der Waals surface area contributed by atoms with Crippen LogP contribution in [0.5, 0.6) is 0 Å². The second-order valence-corrected chi connectivity index (χ2v) is 33.8. The predicted molar refractivity (Wildman–Crippen MR) is 467 cm³/mol. The van der Waals surface area contributed by atoms with E-state index in [1.54, 1.807) is 0 Å². The van der Waals surface area contributed by atoms with Gasteiger partial charge in [-0.3, -0.25) is 28.8 Å². The number of nitrogens with one attached hydrogen (secondary N) is 2. The number of nitrogens with zero attached hydrogens (tertiary/aromatic N) is 2. The molecule has 0 aromatic rings. The Hall–Kier alpha value is -3.26. The van der Waals surface area contributed by atoms with Crippen LogP contribution in [0.15, 0.2) is 0 Å². The van der Waals surface area contributed by atoms with Crippen molar-refractivity contribution in [1.29, 1.82) is 0 Å². The molecular formula is C96H186N4O10. The summed E-state index contributed by atoms with van der Waals surface area (Å²) in [4.78, 5) is 82.1. The van der Waals surface area contributed by atoms with Gasteiger partial charge in [-0.1, -0.05) is 338 Å². The van der Waals surface area contributed by atoms with Gasteiger partial charge >= 0.3 is 23.9 Å². The van der Waals surface area contributed by atoms with Crippen molar-refractivity contribution in [2.75, 3.05) is 78.8 Å². The van der Waals surface area contributed by atoms with E-state index in [0.29, 0.717) is 65.2 Å². The summed E-state index contributed by atoms with van der Waals surface area (Å²) in [5.41, 5.74) is 0. The van der Waals surface area contributed by atoms with E-state index in [2.05, 4.69) is 75.8 Å². The first-order chi connectivity index (χ1) is 53.9. The molecule has 650 valence electrons. The highest BCUT2D eigenvalue weighted by atomic mass is 16.5. The zero-order chi connectivity index (χ0) is 80.3. The molecule has 0 saturated heterocycles. The highest BCUT2D eigenvalue weighted by Gasteiger charge is 2.17. The quantitative estimate of drug-likeness (QED) is 0.0336. The van der Waals surface area contributed by atoms with Crippen LogP contribution in [-0.4, -0.2) is 124 Å². The minimum atomic E-state index is -0.0973. The number of hydrogen-bond donors (Lipinski definition) is 2. The number of esters is 4. The van der Waals surface area contributed by atoms with Gasteiger partial charge in [0.1, 0.15) is 0 Å². The lowest BCUT2D eigenvalue weighted by atomic mass is 9.91. The summed E-state index contributed by atoms with van der Waals surface area (Å²) in [6.07, 6.45) is 72.8. The Labute approximate surface area is 681 Å². The third kappa shape index (κ3) is 76.1. The molecule has 14 nitrogen and oxygen atoms in total. The summed E-state index contributed by atoms with van der Waals surface area (Å²) < 4.78 is 22.8. The van der Waals surface area contributed by atoms with E-state index < -0.39 is 0 Å². The van der Waals surface area contributed by atoms with Crippen molar-refractivity contribution in [3.05, 3.63) is 0 Å². The van der Waals surface area contributed by atoms with Gasteiger partial charge < -0.3 is 39.4 Å². The Morgan fingerprint density at radius 1 is 0.209 bits per heavy atom. The molecule has 0 aromatic carbocycles. The van der Waals surface area contributed by atoms with Crippen LogP contribution in [0.3, 0.4) is 0 Å². The standard InChI is InChI=1S/C96H186N4O10/c1-9-17-37-57-87(58-38-18-10-2)65-53-83-107-93(103)69-45-29-25-33-49-77-99(78-50-34-26-30-46-70-94(104)108-84-54-66-88(59-39-19-11-3)60-40-20-12-4)81-75-97-91(101)73-74-92(102)98-76-82-100(79-51-35-27-31-47-71-95(105)109-85-55-67-89(61-41-21-13-5)62-42-22-14-6)80-52-36-28-32-48-72-96(106)110-86-56-68-90(63-43-23-15-7)64-44-24-16-8/h87-90H,9-86H2,1-8H3,(H,97,101)(H,98,102). The second-order valence-electron chi connectivity index (χ2n) is 33.8. The molecule has 0 saturated carbocycles. The first-order valence-corrected chi connectivity index (χ1v) is 48.5. The molecule has 2 N–H and O–H groups in total. The average Bonchev–Trinajstić information content (AvgIpc) is 1.00. The largest absolute Gasteiger partial charge is 0.466 e. The fourth-order valence-corrected chi connectivity index (χ4v) is 16.0. The summed E-state index contributed by atoms with van der Waals surface area (Å²) >= 11 is 0. The molecule has 0 bridgehead atoms. The lowest BCUT2D eigenvalue weighted by molar-refractivity contribution is -0.144. The molecule has 110 heavy (non-hydrogen) atoms. The Kier molecular flexibility index (Phi) is 82.6. The number of carbonyl (C=O) groups is 6. The zero-order valence-electron chi connectivity index (χ0n) is 74.4. The first kappa shape index (κ1) is 107. The Bertz CT molecular complexity index is 1720. The molecule has 0 spiro atoms. The normalized spacial score (nSPS) is 11.7. The smallest absolute Gasteiger partial charge is 0.305 e. The van der Waals surface area contributed by atoms with Gasteiger partial charge in [0.05, 0.1) is 26.4 Å². The number of ether oxygens (including phenoxy) is 4. The molecular weight excluding hydrogens is 1370 g/mol. The maximum absolute atomic E-state index is 13.3. The van der Waals surface area contributed by atoms with Gasteiger partial charge in [-0.05, 0) is 153 Å². The molecule has 0 aromatic heterocycles. The van der Waals surface area contributed by atoms with Gasteiger partial charge in [0.15, 0.2) is 0 Å². The van der Waals surface area contributed by atoms with E-state index in [-0.39, 0.29) is 48.5 Å². The number of rotatable bonds is 89. The van der Waals surface area contributed by atoms with Crippen LogP contribution in [-0.2, 0) is 47.7 Å². The van der Waals surface area contributed by atoms with Gasteiger partial charge in [-0.25, -0.2) is 0 Å². The van der Waals surface area contributed by atoms with Gasteiger partial charge in [0, 0.05) is 64.7 Å².